The summed E-state index contributed by atoms with van der Waals surface area (Å²) in [6.45, 7) is 4.36. The zero-order valence-electron chi connectivity index (χ0n) is 16.2. The number of carbonyl (C=O) groups is 1. The van der Waals surface area contributed by atoms with Gasteiger partial charge in [-0.2, -0.15) is 5.10 Å². The van der Waals surface area contributed by atoms with Crippen molar-refractivity contribution in [2.45, 2.75) is 20.4 Å². The summed E-state index contributed by atoms with van der Waals surface area (Å²) in [5, 5.41) is 6.12. The van der Waals surface area contributed by atoms with Crippen LogP contribution in [-0.4, -0.2) is 42.1 Å². The summed E-state index contributed by atoms with van der Waals surface area (Å²) in [6.07, 6.45) is 1.55. The van der Waals surface area contributed by atoms with Gasteiger partial charge in [-0.15, -0.1) is 0 Å². The molecule has 4 aromatic rings. The Morgan fingerprint density at radius 1 is 1.28 bits per heavy atom. The van der Waals surface area contributed by atoms with Gasteiger partial charge in [0.25, 0.3) is 11.5 Å². The Labute approximate surface area is 171 Å². The summed E-state index contributed by atoms with van der Waals surface area (Å²) < 4.78 is 1.69. The molecule has 0 aliphatic rings. The first-order valence-corrected chi connectivity index (χ1v) is 9.52. The van der Waals surface area contributed by atoms with E-state index in [1.165, 1.54) is 0 Å². The number of amides is 1. The summed E-state index contributed by atoms with van der Waals surface area (Å²) in [5.41, 5.74) is 2.22. The molecule has 3 heterocycles. The van der Waals surface area contributed by atoms with E-state index < -0.39 is 0 Å². The number of aromatic amines is 1. The van der Waals surface area contributed by atoms with E-state index in [1.807, 2.05) is 20.9 Å². The summed E-state index contributed by atoms with van der Waals surface area (Å²) in [6, 6.07) is 6.71. The van der Waals surface area contributed by atoms with Gasteiger partial charge in [-0.1, -0.05) is 11.6 Å². The number of fused-ring (bicyclic) bond motifs is 2. The molecule has 0 aliphatic heterocycles. The molecule has 0 radical (unpaired) electrons. The van der Waals surface area contributed by atoms with Crippen LogP contribution < -0.4 is 5.56 Å². The molecule has 0 unspecified atom stereocenters. The maximum atomic E-state index is 13.1. The maximum absolute atomic E-state index is 13.1. The fraction of sp³-hybridized carbons (Fsp3) is 0.250. The average molecular weight is 411 g/mol. The molecule has 0 fully saturated rings. The maximum Gasteiger partial charge on any atom is 0.258 e. The molecule has 0 saturated heterocycles. The largest absolute Gasteiger partial charge is 0.331 e. The van der Waals surface area contributed by atoms with E-state index in [0.29, 0.717) is 33.9 Å². The molecule has 0 spiro atoms. The quantitative estimate of drug-likeness (QED) is 0.558. The lowest BCUT2D eigenvalue weighted by Gasteiger charge is -2.20. The van der Waals surface area contributed by atoms with Crippen molar-refractivity contribution in [1.29, 1.82) is 0 Å². The van der Waals surface area contributed by atoms with Crippen LogP contribution in [0.25, 0.3) is 21.9 Å². The predicted octanol–water partition coefficient (Wildman–Crippen LogP) is 2.83. The summed E-state index contributed by atoms with van der Waals surface area (Å²) in [7, 11) is 1.82. The van der Waals surface area contributed by atoms with Gasteiger partial charge in [-0.25, -0.2) is 9.97 Å². The van der Waals surface area contributed by atoms with Gasteiger partial charge in [0.15, 0.2) is 5.65 Å². The van der Waals surface area contributed by atoms with Crippen molar-refractivity contribution in [1.82, 2.24) is 29.6 Å². The Bertz CT molecular complexity index is 1310. The van der Waals surface area contributed by atoms with Gasteiger partial charge in [0.2, 0.25) is 0 Å². The fourth-order valence-corrected chi connectivity index (χ4v) is 3.52. The molecule has 0 atom stereocenters. The van der Waals surface area contributed by atoms with E-state index in [9.17, 15) is 9.59 Å². The van der Waals surface area contributed by atoms with Crippen molar-refractivity contribution in [3.8, 4) is 0 Å². The number of nitrogens with zero attached hydrogens (tertiary/aromatic N) is 5. The lowest BCUT2D eigenvalue weighted by Crippen LogP contribution is -2.32. The highest BCUT2D eigenvalue weighted by Crippen LogP contribution is 2.19. The molecular weight excluding hydrogens is 392 g/mol. The van der Waals surface area contributed by atoms with E-state index in [4.69, 9.17) is 11.6 Å². The molecule has 1 aromatic carbocycles. The minimum Gasteiger partial charge on any atom is -0.331 e. The number of rotatable bonds is 4. The first kappa shape index (κ1) is 19.1. The number of halogens is 1. The van der Waals surface area contributed by atoms with E-state index >= 15 is 0 Å². The molecule has 148 valence electrons. The third-order valence-electron chi connectivity index (χ3n) is 4.84. The molecule has 0 aliphatic carbocycles. The molecule has 9 heteroatoms. The number of H-pyrrole nitrogens is 1. The summed E-state index contributed by atoms with van der Waals surface area (Å²) >= 11 is 6.02. The lowest BCUT2D eigenvalue weighted by atomic mass is 10.2. The smallest absolute Gasteiger partial charge is 0.258 e. The first-order valence-electron chi connectivity index (χ1n) is 9.14. The third kappa shape index (κ3) is 3.47. The highest BCUT2D eigenvalue weighted by atomic mass is 35.5. The molecule has 0 saturated carbocycles. The zero-order valence-corrected chi connectivity index (χ0v) is 17.0. The minimum absolute atomic E-state index is 0.164. The van der Waals surface area contributed by atoms with Crippen molar-refractivity contribution < 1.29 is 4.79 Å². The van der Waals surface area contributed by atoms with Crippen LogP contribution in [0, 0.1) is 6.92 Å². The van der Waals surface area contributed by atoms with E-state index in [2.05, 4.69) is 20.1 Å². The summed E-state index contributed by atoms with van der Waals surface area (Å²) in [4.78, 5) is 38.6. The number of pyridine rings is 1. The van der Waals surface area contributed by atoms with E-state index in [-0.39, 0.29) is 18.0 Å². The third-order valence-corrected chi connectivity index (χ3v) is 5.07. The monoisotopic (exact) mass is 410 g/mol. The Morgan fingerprint density at radius 2 is 2.07 bits per heavy atom. The Hall–Kier alpha value is -3.26. The van der Waals surface area contributed by atoms with E-state index in [0.717, 1.165) is 16.7 Å². The van der Waals surface area contributed by atoms with Crippen LogP contribution in [0.4, 0.5) is 0 Å². The average Bonchev–Trinajstić information content (AvgIpc) is 2.98. The Morgan fingerprint density at radius 3 is 2.83 bits per heavy atom. The van der Waals surface area contributed by atoms with Crippen LogP contribution in [0.3, 0.4) is 0 Å². The lowest BCUT2D eigenvalue weighted by molar-refractivity contribution is 0.0748. The molecule has 1 amide bonds. The number of hydrogen-bond donors (Lipinski definition) is 1. The van der Waals surface area contributed by atoms with Crippen LogP contribution in [0.5, 0.6) is 0 Å². The Kier molecular flexibility index (Phi) is 4.79. The second-order valence-corrected chi connectivity index (χ2v) is 7.23. The standard InChI is InChI=1S/C20H19ClN6O2/c1-4-27(10-17-23-16-8-13(21)5-6-14(16)19(28)24-17)20(29)12-7-15-11(2)25-26(3)18(15)22-9-12/h5-9H,4,10H2,1-3H3,(H,23,24,28). The highest BCUT2D eigenvalue weighted by Gasteiger charge is 2.18. The van der Waals surface area contributed by atoms with Gasteiger partial charge in [0, 0.05) is 30.2 Å². The van der Waals surface area contributed by atoms with Crippen molar-refractivity contribution in [2.75, 3.05) is 6.54 Å². The first-order chi connectivity index (χ1) is 13.9. The predicted molar refractivity (Wildman–Crippen MR) is 111 cm³/mol. The molecule has 3 aromatic heterocycles. The van der Waals surface area contributed by atoms with Gasteiger partial charge in [-0.05, 0) is 38.1 Å². The van der Waals surface area contributed by atoms with Crippen molar-refractivity contribution in [2.24, 2.45) is 7.05 Å². The van der Waals surface area contributed by atoms with Gasteiger partial charge < -0.3 is 9.88 Å². The highest BCUT2D eigenvalue weighted by molar-refractivity contribution is 6.31. The van der Waals surface area contributed by atoms with Crippen molar-refractivity contribution in [3.63, 3.8) is 0 Å². The van der Waals surface area contributed by atoms with Crippen LogP contribution >= 0.6 is 11.6 Å². The van der Waals surface area contributed by atoms with Gasteiger partial charge in [0.1, 0.15) is 5.82 Å². The fourth-order valence-electron chi connectivity index (χ4n) is 3.35. The zero-order chi connectivity index (χ0) is 20.7. The number of nitrogens with one attached hydrogen (secondary N) is 1. The van der Waals surface area contributed by atoms with Crippen LogP contribution in [0.2, 0.25) is 5.02 Å². The number of carbonyl (C=O) groups excluding carboxylic acids is 1. The molecule has 0 bridgehead atoms. The number of hydrogen-bond acceptors (Lipinski definition) is 5. The van der Waals surface area contributed by atoms with Crippen LogP contribution in [-0.2, 0) is 13.6 Å². The SMILES string of the molecule is CCN(Cc1nc2cc(Cl)ccc2c(=O)[nH]1)C(=O)c1cnc2c(c1)c(C)nn2C. The Balaban J connectivity index is 1.67. The topological polar surface area (TPSA) is 96.8 Å². The summed E-state index contributed by atoms with van der Waals surface area (Å²) in [5.74, 6) is 0.200. The second kappa shape index (κ2) is 7.29. The molecule has 4 rings (SSSR count). The normalized spacial score (nSPS) is 11.3. The van der Waals surface area contributed by atoms with Crippen molar-refractivity contribution in [3.05, 3.63) is 62.9 Å². The molecule has 29 heavy (non-hydrogen) atoms. The van der Waals surface area contributed by atoms with Crippen molar-refractivity contribution >= 4 is 39.4 Å². The number of aromatic nitrogens is 5. The van der Waals surface area contributed by atoms with Gasteiger partial charge >= 0.3 is 0 Å². The van der Waals surface area contributed by atoms with Crippen LogP contribution in [0.1, 0.15) is 28.8 Å². The van der Waals surface area contributed by atoms with Crippen LogP contribution in [0.15, 0.2) is 35.3 Å². The molecular formula is C20H19ClN6O2. The molecule has 8 nitrogen and oxygen atoms in total. The molecule has 1 N–H and O–H groups in total. The van der Waals surface area contributed by atoms with E-state index in [1.54, 1.807) is 40.0 Å². The minimum atomic E-state index is -0.265. The number of aryl methyl sites for hydroxylation is 2. The van der Waals surface area contributed by atoms with Gasteiger partial charge in [0.05, 0.1) is 28.7 Å². The van der Waals surface area contributed by atoms with Gasteiger partial charge in [-0.3, -0.25) is 14.3 Å². The second-order valence-electron chi connectivity index (χ2n) is 6.80. The number of benzene rings is 1.